The molecule has 0 bridgehead atoms. The summed E-state index contributed by atoms with van der Waals surface area (Å²) in [7, 11) is 4.22. The highest BCUT2D eigenvalue weighted by atomic mass is 16.2. The molecule has 1 aromatic rings. The van der Waals surface area contributed by atoms with Gasteiger partial charge < -0.3 is 4.48 Å². The Balaban J connectivity index is 3.04. The van der Waals surface area contributed by atoms with Gasteiger partial charge >= 0.3 is 0 Å². The van der Waals surface area contributed by atoms with Gasteiger partial charge in [0, 0.05) is 11.1 Å². The van der Waals surface area contributed by atoms with E-state index in [4.69, 9.17) is 0 Å². The molecule has 1 N–H and O–H groups in total. The predicted octanol–water partition coefficient (Wildman–Crippen LogP) is 2.47. The minimum Gasteiger partial charge on any atom is -0.305 e. The minimum absolute atomic E-state index is 0.0552. The van der Waals surface area contributed by atoms with Crippen molar-refractivity contribution in [3.8, 4) is 0 Å². The Morgan fingerprint density at radius 3 is 2.33 bits per heavy atom. The van der Waals surface area contributed by atoms with Gasteiger partial charge in [-0.3, -0.25) is 10.1 Å². The van der Waals surface area contributed by atoms with Crippen LogP contribution in [0.2, 0.25) is 0 Å². The van der Waals surface area contributed by atoms with Crippen molar-refractivity contribution in [3.05, 3.63) is 48.0 Å². The van der Waals surface area contributed by atoms with Crippen LogP contribution >= 0.6 is 0 Å². The average molecular weight is 247 g/mol. The SMILES string of the molecule is C=C(C)C(=O)NC(c1ccccc1)[N+](C)(C)CC. The lowest BCUT2D eigenvalue weighted by molar-refractivity contribution is -0.921. The van der Waals surface area contributed by atoms with Crippen LogP contribution in [0.5, 0.6) is 0 Å². The molecule has 0 radical (unpaired) electrons. The molecule has 0 aliphatic carbocycles. The zero-order valence-corrected chi connectivity index (χ0v) is 11.7. The van der Waals surface area contributed by atoms with Crippen molar-refractivity contribution < 1.29 is 9.28 Å². The van der Waals surface area contributed by atoms with Gasteiger partial charge in [0.2, 0.25) is 0 Å². The number of quaternary nitrogens is 1. The second-order valence-electron chi connectivity index (χ2n) is 5.16. The molecule has 1 atom stereocenters. The van der Waals surface area contributed by atoms with Crippen molar-refractivity contribution >= 4 is 5.91 Å². The molecule has 1 unspecified atom stereocenters. The first-order chi connectivity index (χ1) is 8.38. The summed E-state index contributed by atoms with van der Waals surface area (Å²) in [5.74, 6) is -0.0940. The first-order valence-corrected chi connectivity index (χ1v) is 6.22. The van der Waals surface area contributed by atoms with Gasteiger partial charge in [-0.1, -0.05) is 36.9 Å². The molecular formula is C15H23N2O+. The van der Waals surface area contributed by atoms with Crippen molar-refractivity contribution in [2.24, 2.45) is 0 Å². The van der Waals surface area contributed by atoms with Crippen LogP contribution < -0.4 is 5.32 Å². The maximum absolute atomic E-state index is 11.9. The van der Waals surface area contributed by atoms with E-state index in [2.05, 4.69) is 32.9 Å². The number of amides is 1. The highest BCUT2D eigenvalue weighted by Gasteiger charge is 2.29. The molecule has 98 valence electrons. The van der Waals surface area contributed by atoms with Gasteiger partial charge in [0.05, 0.1) is 20.6 Å². The molecule has 0 saturated heterocycles. The standard InChI is InChI=1S/C15H22N2O/c1-6-17(4,5)14(16-15(18)12(2)3)13-10-8-7-9-11-13/h7-11,14H,2,6H2,1,3-5H3/p+1. The molecule has 3 nitrogen and oxygen atoms in total. The summed E-state index contributed by atoms with van der Waals surface area (Å²) >= 11 is 0. The van der Waals surface area contributed by atoms with Crippen molar-refractivity contribution in [1.82, 2.24) is 5.32 Å². The monoisotopic (exact) mass is 247 g/mol. The maximum Gasteiger partial charge on any atom is 0.251 e. The summed E-state index contributed by atoms with van der Waals surface area (Å²) in [6.45, 7) is 8.46. The van der Waals surface area contributed by atoms with E-state index in [1.807, 2.05) is 30.3 Å². The van der Waals surface area contributed by atoms with E-state index in [1.165, 1.54) is 0 Å². The van der Waals surface area contributed by atoms with Crippen molar-refractivity contribution in [2.75, 3.05) is 20.6 Å². The van der Waals surface area contributed by atoms with E-state index in [0.717, 1.165) is 12.1 Å². The third kappa shape index (κ3) is 3.44. The van der Waals surface area contributed by atoms with Crippen molar-refractivity contribution in [1.29, 1.82) is 0 Å². The van der Waals surface area contributed by atoms with Gasteiger partial charge in [-0.05, 0) is 13.8 Å². The third-order valence-corrected chi connectivity index (χ3v) is 3.28. The minimum atomic E-state index is -0.0940. The molecule has 3 heteroatoms. The first kappa shape index (κ1) is 14.5. The van der Waals surface area contributed by atoms with Crippen LogP contribution in [0.4, 0.5) is 0 Å². The van der Waals surface area contributed by atoms with E-state index < -0.39 is 0 Å². The highest BCUT2D eigenvalue weighted by molar-refractivity contribution is 5.92. The molecule has 0 saturated carbocycles. The fourth-order valence-corrected chi connectivity index (χ4v) is 1.73. The smallest absolute Gasteiger partial charge is 0.251 e. The number of carbonyl (C=O) groups is 1. The molecule has 1 rings (SSSR count). The van der Waals surface area contributed by atoms with Gasteiger partial charge in [0.15, 0.2) is 6.17 Å². The zero-order valence-electron chi connectivity index (χ0n) is 11.7. The van der Waals surface area contributed by atoms with Gasteiger partial charge in [0.25, 0.3) is 5.91 Å². The largest absolute Gasteiger partial charge is 0.305 e. The number of benzene rings is 1. The third-order valence-electron chi connectivity index (χ3n) is 3.28. The van der Waals surface area contributed by atoms with Crippen LogP contribution in [0.1, 0.15) is 25.6 Å². The summed E-state index contributed by atoms with van der Waals surface area (Å²) in [4.78, 5) is 11.9. The highest BCUT2D eigenvalue weighted by Crippen LogP contribution is 2.22. The van der Waals surface area contributed by atoms with Crippen LogP contribution in [0.25, 0.3) is 0 Å². The average Bonchev–Trinajstić information content (AvgIpc) is 2.36. The number of nitrogens with one attached hydrogen (secondary N) is 1. The first-order valence-electron chi connectivity index (χ1n) is 6.22. The molecule has 18 heavy (non-hydrogen) atoms. The number of hydrogen-bond acceptors (Lipinski definition) is 1. The summed E-state index contributed by atoms with van der Waals surface area (Å²) in [6, 6.07) is 10.0. The molecular weight excluding hydrogens is 224 g/mol. The number of carbonyl (C=O) groups excluding carboxylic acids is 1. The van der Waals surface area contributed by atoms with Gasteiger partial charge in [-0.25, -0.2) is 0 Å². The van der Waals surface area contributed by atoms with Gasteiger partial charge in [-0.2, -0.15) is 0 Å². The van der Waals surface area contributed by atoms with E-state index in [0.29, 0.717) is 10.1 Å². The van der Waals surface area contributed by atoms with Crippen LogP contribution in [0.15, 0.2) is 42.5 Å². The van der Waals surface area contributed by atoms with Crippen LogP contribution in [0.3, 0.4) is 0 Å². The van der Waals surface area contributed by atoms with Crippen molar-refractivity contribution in [2.45, 2.75) is 20.0 Å². The number of rotatable bonds is 5. The Morgan fingerprint density at radius 1 is 1.33 bits per heavy atom. The molecule has 0 spiro atoms. The lowest BCUT2D eigenvalue weighted by Crippen LogP contribution is -2.51. The maximum atomic E-state index is 11.9. The lowest BCUT2D eigenvalue weighted by Gasteiger charge is -2.37. The quantitative estimate of drug-likeness (QED) is 0.483. The Bertz CT molecular complexity index is 423. The zero-order chi connectivity index (χ0) is 13.8. The fourth-order valence-electron chi connectivity index (χ4n) is 1.73. The Labute approximate surface area is 110 Å². The van der Waals surface area contributed by atoms with Gasteiger partial charge in [0.1, 0.15) is 0 Å². The van der Waals surface area contributed by atoms with E-state index in [9.17, 15) is 4.79 Å². The molecule has 0 fully saturated rings. The van der Waals surface area contributed by atoms with Crippen LogP contribution in [-0.2, 0) is 4.79 Å². The number of nitrogens with zero attached hydrogens (tertiary/aromatic N) is 1. The summed E-state index contributed by atoms with van der Waals surface area (Å²) in [6.07, 6.45) is -0.0552. The molecule has 0 heterocycles. The normalized spacial score (nSPS) is 12.9. The molecule has 1 amide bonds. The Morgan fingerprint density at radius 2 is 1.89 bits per heavy atom. The Hall–Kier alpha value is -1.61. The summed E-state index contributed by atoms with van der Waals surface area (Å²) in [5.41, 5.74) is 1.64. The molecule has 1 aromatic carbocycles. The Kier molecular flexibility index (Phi) is 4.68. The second-order valence-corrected chi connectivity index (χ2v) is 5.16. The number of hydrogen-bond donors (Lipinski definition) is 1. The lowest BCUT2D eigenvalue weighted by atomic mass is 10.1. The summed E-state index contributed by atoms with van der Waals surface area (Å²) in [5, 5.41) is 3.06. The molecule has 0 aliphatic heterocycles. The van der Waals surface area contributed by atoms with Gasteiger partial charge in [-0.15, -0.1) is 0 Å². The molecule has 0 aliphatic rings. The fraction of sp³-hybridized carbons (Fsp3) is 0.400. The van der Waals surface area contributed by atoms with Crippen LogP contribution in [0, 0.1) is 0 Å². The van der Waals surface area contributed by atoms with E-state index >= 15 is 0 Å². The van der Waals surface area contributed by atoms with E-state index in [1.54, 1.807) is 6.92 Å². The van der Waals surface area contributed by atoms with Crippen LogP contribution in [-0.4, -0.2) is 31.0 Å². The summed E-state index contributed by atoms with van der Waals surface area (Å²) < 4.78 is 0.697. The topological polar surface area (TPSA) is 29.1 Å². The van der Waals surface area contributed by atoms with E-state index in [-0.39, 0.29) is 12.1 Å². The molecule has 0 aromatic heterocycles. The predicted molar refractivity (Wildman–Crippen MR) is 74.8 cm³/mol. The second kappa shape index (κ2) is 5.83. The van der Waals surface area contributed by atoms with Crippen molar-refractivity contribution in [3.63, 3.8) is 0 Å².